The Hall–Kier alpha value is -1.39. The maximum atomic E-state index is 11.4. The van der Waals surface area contributed by atoms with Gasteiger partial charge in [-0.15, -0.1) is 0 Å². The molecular formula is C16H24N2O2. The predicted octanol–water partition coefficient (Wildman–Crippen LogP) is 1.45. The lowest BCUT2D eigenvalue weighted by atomic mass is 9.95. The van der Waals surface area contributed by atoms with Gasteiger partial charge >= 0.3 is 0 Å². The molecule has 1 aromatic rings. The molecule has 0 radical (unpaired) electrons. The Morgan fingerprint density at radius 1 is 1.20 bits per heavy atom. The standard InChI is InChI=1S/C16H24N2O2/c1-14(19)18-10-6-9-17(11-12-18)13-16(2,20)15-7-4-3-5-8-15/h3-5,7-8,20H,6,9-13H2,1-2H3. The Labute approximate surface area is 121 Å². The van der Waals surface area contributed by atoms with Crippen molar-refractivity contribution in [2.75, 3.05) is 32.7 Å². The summed E-state index contributed by atoms with van der Waals surface area (Å²) in [4.78, 5) is 15.6. The number of aliphatic hydroxyl groups is 1. The van der Waals surface area contributed by atoms with Gasteiger partial charge in [-0.05, 0) is 18.9 Å². The van der Waals surface area contributed by atoms with E-state index in [1.165, 1.54) is 0 Å². The Morgan fingerprint density at radius 3 is 2.55 bits per heavy atom. The quantitative estimate of drug-likeness (QED) is 0.908. The fourth-order valence-corrected chi connectivity index (χ4v) is 2.77. The molecule has 110 valence electrons. The number of rotatable bonds is 3. The van der Waals surface area contributed by atoms with Crippen LogP contribution in [0.25, 0.3) is 0 Å². The molecule has 0 bridgehead atoms. The summed E-state index contributed by atoms with van der Waals surface area (Å²) in [6, 6.07) is 9.77. The molecule has 1 aliphatic heterocycles. The van der Waals surface area contributed by atoms with Gasteiger partial charge in [-0.25, -0.2) is 0 Å². The maximum absolute atomic E-state index is 11.4. The van der Waals surface area contributed by atoms with Crippen LogP contribution in [0.5, 0.6) is 0 Å². The van der Waals surface area contributed by atoms with Gasteiger partial charge in [-0.2, -0.15) is 0 Å². The van der Waals surface area contributed by atoms with Gasteiger partial charge in [0.1, 0.15) is 0 Å². The Bertz CT molecular complexity index is 445. The number of β-amino-alcohol motifs (C(OH)–C–C–N with tert-alkyl or cyclic N) is 1. The second-order valence-corrected chi connectivity index (χ2v) is 5.78. The normalized spacial score (nSPS) is 20.2. The van der Waals surface area contributed by atoms with Gasteiger partial charge in [0.15, 0.2) is 0 Å². The largest absolute Gasteiger partial charge is 0.384 e. The number of hydrogen-bond donors (Lipinski definition) is 1. The van der Waals surface area contributed by atoms with E-state index in [4.69, 9.17) is 0 Å². The zero-order valence-corrected chi connectivity index (χ0v) is 12.4. The summed E-state index contributed by atoms with van der Waals surface area (Å²) in [7, 11) is 0. The van der Waals surface area contributed by atoms with Crippen molar-refractivity contribution in [3.8, 4) is 0 Å². The number of hydrogen-bond acceptors (Lipinski definition) is 3. The number of nitrogens with zero attached hydrogens (tertiary/aromatic N) is 2. The van der Waals surface area contributed by atoms with E-state index in [9.17, 15) is 9.90 Å². The first-order valence-electron chi connectivity index (χ1n) is 7.25. The second-order valence-electron chi connectivity index (χ2n) is 5.78. The summed E-state index contributed by atoms with van der Waals surface area (Å²) in [5, 5.41) is 10.7. The SMILES string of the molecule is CC(=O)N1CCCN(CC(C)(O)c2ccccc2)CC1. The second kappa shape index (κ2) is 6.37. The van der Waals surface area contributed by atoms with Crippen LogP contribution in [0.1, 0.15) is 25.8 Å². The molecule has 1 fully saturated rings. The highest BCUT2D eigenvalue weighted by molar-refractivity contribution is 5.73. The summed E-state index contributed by atoms with van der Waals surface area (Å²) in [5.41, 5.74) is 0.0831. The van der Waals surface area contributed by atoms with Crippen molar-refractivity contribution < 1.29 is 9.90 Å². The minimum atomic E-state index is -0.855. The van der Waals surface area contributed by atoms with Crippen molar-refractivity contribution in [2.24, 2.45) is 0 Å². The molecule has 20 heavy (non-hydrogen) atoms. The lowest BCUT2D eigenvalue weighted by molar-refractivity contribution is -0.128. The van der Waals surface area contributed by atoms with E-state index in [-0.39, 0.29) is 5.91 Å². The molecule has 1 aliphatic rings. The van der Waals surface area contributed by atoms with E-state index in [1.807, 2.05) is 42.2 Å². The number of benzene rings is 1. The van der Waals surface area contributed by atoms with Crippen LogP contribution in [0.2, 0.25) is 0 Å². The van der Waals surface area contributed by atoms with Gasteiger partial charge in [0, 0.05) is 39.6 Å². The molecule has 1 saturated heterocycles. The van der Waals surface area contributed by atoms with E-state index in [2.05, 4.69) is 4.90 Å². The Morgan fingerprint density at radius 2 is 1.90 bits per heavy atom. The van der Waals surface area contributed by atoms with Crippen molar-refractivity contribution in [1.29, 1.82) is 0 Å². The van der Waals surface area contributed by atoms with Crippen LogP contribution < -0.4 is 0 Å². The Kier molecular flexibility index (Phi) is 4.78. The van der Waals surface area contributed by atoms with E-state index in [0.29, 0.717) is 6.54 Å². The molecule has 4 heteroatoms. The minimum Gasteiger partial charge on any atom is -0.384 e. The van der Waals surface area contributed by atoms with Crippen LogP contribution in [0.15, 0.2) is 30.3 Å². The third-order valence-corrected chi connectivity index (χ3v) is 3.96. The van der Waals surface area contributed by atoms with Gasteiger partial charge in [0.05, 0.1) is 5.60 Å². The van der Waals surface area contributed by atoms with E-state index in [1.54, 1.807) is 6.92 Å². The van der Waals surface area contributed by atoms with Gasteiger partial charge in [0.25, 0.3) is 0 Å². The van der Waals surface area contributed by atoms with E-state index < -0.39 is 5.60 Å². The van der Waals surface area contributed by atoms with Gasteiger partial charge in [0.2, 0.25) is 5.91 Å². The average molecular weight is 276 g/mol. The van der Waals surface area contributed by atoms with Crippen molar-refractivity contribution in [2.45, 2.75) is 25.9 Å². The van der Waals surface area contributed by atoms with Crippen LogP contribution in [-0.2, 0) is 10.4 Å². The van der Waals surface area contributed by atoms with Crippen LogP contribution in [-0.4, -0.2) is 53.5 Å². The highest BCUT2D eigenvalue weighted by Crippen LogP contribution is 2.22. The summed E-state index contributed by atoms with van der Waals surface area (Å²) in [6.45, 7) is 7.39. The van der Waals surface area contributed by atoms with Gasteiger partial charge in [-0.3, -0.25) is 9.69 Å². The smallest absolute Gasteiger partial charge is 0.219 e. The monoisotopic (exact) mass is 276 g/mol. The zero-order chi connectivity index (χ0) is 14.6. The third-order valence-electron chi connectivity index (χ3n) is 3.96. The molecular weight excluding hydrogens is 252 g/mol. The molecule has 0 saturated carbocycles. The van der Waals surface area contributed by atoms with E-state index in [0.717, 1.165) is 38.2 Å². The van der Waals surface area contributed by atoms with Crippen LogP contribution in [0.3, 0.4) is 0 Å². The summed E-state index contributed by atoms with van der Waals surface area (Å²) in [5.74, 6) is 0.140. The molecule has 1 atom stereocenters. The van der Waals surface area contributed by atoms with Crippen LogP contribution in [0.4, 0.5) is 0 Å². The number of carbonyl (C=O) groups excluding carboxylic acids is 1. The van der Waals surface area contributed by atoms with Crippen molar-refractivity contribution >= 4 is 5.91 Å². The topological polar surface area (TPSA) is 43.8 Å². The zero-order valence-electron chi connectivity index (χ0n) is 12.4. The highest BCUT2D eigenvalue weighted by atomic mass is 16.3. The molecule has 1 amide bonds. The molecule has 2 rings (SSSR count). The molecule has 1 heterocycles. The molecule has 0 spiro atoms. The lowest BCUT2D eigenvalue weighted by Crippen LogP contribution is -2.41. The molecule has 0 aromatic heterocycles. The summed E-state index contributed by atoms with van der Waals surface area (Å²) < 4.78 is 0. The van der Waals surface area contributed by atoms with Gasteiger partial charge < -0.3 is 10.0 Å². The maximum Gasteiger partial charge on any atom is 0.219 e. The first kappa shape index (κ1) is 15.0. The molecule has 1 unspecified atom stereocenters. The first-order chi connectivity index (χ1) is 9.49. The molecule has 1 aromatic carbocycles. The summed E-state index contributed by atoms with van der Waals surface area (Å²) >= 11 is 0. The third kappa shape index (κ3) is 3.81. The molecule has 1 N–H and O–H groups in total. The Balaban J connectivity index is 1.97. The fourth-order valence-electron chi connectivity index (χ4n) is 2.77. The van der Waals surface area contributed by atoms with Crippen LogP contribution >= 0.6 is 0 Å². The van der Waals surface area contributed by atoms with Crippen molar-refractivity contribution in [3.05, 3.63) is 35.9 Å². The lowest BCUT2D eigenvalue weighted by Gasteiger charge is -2.31. The van der Waals surface area contributed by atoms with Gasteiger partial charge in [-0.1, -0.05) is 30.3 Å². The minimum absolute atomic E-state index is 0.140. The predicted molar refractivity (Wildman–Crippen MR) is 79.3 cm³/mol. The number of amides is 1. The highest BCUT2D eigenvalue weighted by Gasteiger charge is 2.27. The summed E-state index contributed by atoms with van der Waals surface area (Å²) in [6.07, 6.45) is 0.963. The number of carbonyl (C=O) groups is 1. The van der Waals surface area contributed by atoms with Crippen molar-refractivity contribution in [1.82, 2.24) is 9.80 Å². The fraction of sp³-hybridized carbons (Fsp3) is 0.562. The van der Waals surface area contributed by atoms with Crippen LogP contribution in [0, 0.1) is 0 Å². The molecule has 0 aliphatic carbocycles. The first-order valence-corrected chi connectivity index (χ1v) is 7.25. The van der Waals surface area contributed by atoms with Crippen molar-refractivity contribution in [3.63, 3.8) is 0 Å². The molecule has 4 nitrogen and oxygen atoms in total. The average Bonchev–Trinajstić information content (AvgIpc) is 2.65. The van der Waals surface area contributed by atoms with E-state index >= 15 is 0 Å².